The Labute approximate surface area is 118 Å². The molecule has 1 aromatic carbocycles. The molecule has 0 spiro atoms. The molecule has 1 N–H and O–H groups in total. The first-order chi connectivity index (χ1) is 9.76. The number of nitrogens with zero attached hydrogens (tertiary/aromatic N) is 1. The number of fused-ring (bicyclic) bond motifs is 1. The number of aromatic nitrogens is 1. The molecule has 0 aliphatic heterocycles. The predicted molar refractivity (Wildman–Crippen MR) is 80.6 cm³/mol. The Morgan fingerprint density at radius 2 is 2.25 bits per heavy atom. The highest BCUT2D eigenvalue weighted by Crippen LogP contribution is 2.21. The fourth-order valence-corrected chi connectivity index (χ4v) is 1.97. The molecule has 2 rings (SSSR count). The molecule has 0 radical (unpaired) electrons. The van der Waals surface area contributed by atoms with E-state index in [-0.39, 0.29) is 0 Å². The van der Waals surface area contributed by atoms with E-state index in [1.54, 1.807) is 0 Å². The summed E-state index contributed by atoms with van der Waals surface area (Å²) in [6, 6.07) is 5.80. The van der Waals surface area contributed by atoms with Gasteiger partial charge in [0.2, 0.25) is 0 Å². The highest BCUT2D eigenvalue weighted by Gasteiger charge is 2.06. The van der Waals surface area contributed by atoms with Crippen molar-refractivity contribution in [1.82, 2.24) is 4.98 Å². The van der Waals surface area contributed by atoms with Crippen molar-refractivity contribution < 1.29 is 8.81 Å². The van der Waals surface area contributed by atoms with Gasteiger partial charge in [-0.15, -0.1) is 0 Å². The van der Waals surface area contributed by atoms with Crippen molar-refractivity contribution in [1.29, 1.82) is 0 Å². The van der Waals surface area contributed by atoms with Gasteiger partial charge in [0.05, 0.1) is 6.33 Å². The van der Waals surface area contributed by atoms with Gasteiger partial charge in [-0.3, -0.25) is 0 Å². The predicted octanol–water partition coefficient (Wildman–Crippen LogP) is 4.85. The van der Waals surface area contributed by atoms with Gasteiger partial charge in [-0.25, -0.2) is 9.37 Å². The van der Waals surface area contributed by atoms with Crippen LogP contribution in [0.1, 0.15) is 39.0 Å². The molecule has 3 nitrogen and oxygen atoms in total. The summed E-state index contributed by atoms with van der Waals surface area (Å²) in [5.41, 5.74) is 3.32. The third-order valence-corrected chi connectivity index (χ3v) is 3.30. The number of halogens is 1. The molecule has 1 heterocycles. The largest absolute Gasteiger partial charge is 0.441 e. The Kier molecular flexibility index (Phi) is 5.16. The van der Waals surface area contributed by atoms with E-state index in [1.807, 2.05) is 25.1 Å². The zero-order valence-electron chi connectivity index (χ0n) is 12.1. The van der Waals surface area contributed by atoms with Crippen LogP contribution in [0.2, 0.25) is 0 Å². The summed E-state index contributed by atoms with van der Waals surface area (Å²) in [4.78, 5) is 4.45. The van der Waals surface area contributed by atoms with Crippen LogP contribution in [-0.2, 0) is 6.42 Å². The lowest BCUT2D eigenvalue weighted by Crippen LogP contribution is -2.03. The summed E-state index contributed by atoms with van der Waals surface area (Å²) in [5, 5.41) is 3.20. The second-order valence-corrected chi connectivity index (χ2v) is 4.87. The van der Waals surface area contributed by atoms with Crippen molar-refractivity contribution in [3.63, 3.8) is 0 Å². The number of unbranched alkanes of at least 4 members (excludes halogenated alkanes) is 1. The summed E-state index contributed by atoms with van der Waals surface area (Å²) in [6.45, 7) is 4.59. The maximum absolute atomic E-state index is 12.5. The van der Waals surface area contributed by atoms with Gasteiger partial charge in [-0.05, 0) is 30.5 Å². The molecule has 0 bridgehead atoms. The monoisotopic (exact) mass is 276 g/mol. The van der Waals surface area contributed by atoms with E-state index in [4.69, 9.17) is 4.42 Å². The minimum Gasteiger partial charge on any atom is -0.441 e. The molecular weight excluding hydrogens is 255 g/mol. The maximum atomic E-state index is 12.5. The fraction of sp³-hybridized carbons (Fsp3) is 0.438. The van der Waals surface area contributed by atoms with Gasteiger partial charge in [-0.2, -0.15) is 0 Å². The van der Waals surface area contributed by atoms with Gasteiger partial charge < -0.3 is 9.73 Å². The molecule has 0 aliphatic rings. The smallest absolute Gasteiger partial charge is 0.195 e. The second-order valence-electron chi connectivity index (χ2n) is 4.87. The molecule has 0 amide bonds. The highest BCUT2D eigenvalue weighted by molar-refractivity contribution is 5.77. The zero-order valence-corrected chi connectivity index (χ0v) is 12.1. The minimum atomic E-state index is 0.509. The normalized spacial score (nSPS) is 12.1. The van der Waals surface area contributed by atoms with Crippen LogP contribution < -0.4 is 5.32 Å². The van der Waals surface area contributed by atoms with Crippen LogP contribution in [-0.4, -0.2) is 11.5 Å². The van der Waals surface area contributed by atoms with Crippen LogP contribution in [0.4, 0.5) is 10.1 Å². The van der Waals surface area contributed by atoms with Crippen molar-refractivity contribution in [3.05, 3.63) is 36.0 Å². The van der Waals surface area contributed by atoms with Crippen molar-refractivity contribution in [2.45, 2.75) is 39.5 Å². The van der Waals surface area contributed by atoms with Gasteiger partial charge >= 0.3 is 0 Å². The number of anilines is 1. The highest BCUT2D eigenvalue weighted by atomic mass is 19.1. The van der Waals surface area contributed by atoms with Gasteiger partial charge in [0, 0.05) is 24.7 Å². The average molecular weight is 276 g/mol. The Bertz CT molecular complexity index is 589. The van der Waals surface area contributed by atoms with E-state index in [9.17, 15) is 4.39 Å². The maximum Gasteiger partial charge on any atom is 0.195 e. The van der Waals surface area contributed by atoms with E-state index in [1.165, 1.54) is 0 Å². The van der Waals surface area contributed by atoms with Crippen LogP contribution in [0.5, 0.6) is 0 Å². The Morgan fingerprint density at radius 3 is 2.95 bits per heavy atom. The first-order valence-electron chi connectivity index (χ1n) is 7.18. The summed E-state index contributed by atoms with van der Waals surface area (Å²) in [5.74, 6) is 0.789. The third-order valence-electron chi connectivity index (χ3n) is 3.30. The molecule has 0 fully saturated rings. The number of aryl methyl sites for hydroxylation is 1. The lowest BCUT2D eigenvalue weighted by atomic mass is 10.2. The van der Waals surface area contributed by atoms with Gasteiger partial charge in [-0.1, -0.05) is 20.3 Å². The molecule has 0 aliphatic carbocycles. The second kappa shape index (κ2) is 7.08. The summed E-state index contributed by atoms with van der Waals surface area (Å²) < 4.78 is 18.2. The van der Waals surface area contributed by atoms with Crippen LogP contribution in [0.3, 0.4) is 0 Å². The first kappa shape index (κ1) is 14.6. The van der Waals surface area contributed by atoms with Crippen molar-refractivity contribution in [3.8, 4) is 0 Å². The molecule has 4 heteroatoms. The average Bonchev–Trinajstić information content (AvgIpc) is 2.88. The molecule has 0 saturated carbocycles. The van der Waals surface area contributed by atoms with E-state index in [2.05, 4.69) is 17.2 Å². The lowest BCUT2D eigenvalue weighted by Gasteiger charge is -2.06. The van der Waals surface area contributed by atoms with Crippen LogP contribution in [0.25, 0.3) is 11.1 Å². The number of nitrogens with one attached hydrogen (secondary N) is 1. The molecule has 2 aromatic rings. The van der Waals surface area contributed by atoms with E-state index in [0.29, 0.717) is 19.3 Å². The number of hydrogen-bond donors (Lipinski definition) is 1. The van der Waals surface area contributed by atoms with Crippen LogP contribution in [0.15, 0.2) is 34.5 Å². The fourth-order valence-electron chi connectivity index (χ4n) is 1.97. The molecular formula is C16H21FN2O. The van der Waals surface area contributed by atoms with Crippen LogP contribution in [0, 0.1) is 0 Å². The van der Waals surface area contributed by atoms with Crippen LogP contribution >= 0.6 is 0 Å². The van der Waals surface area contributed by atoms with E-state index < -0.39 is 0 Å². The van der Waals surface area contributed by atoms with Crippen molar-refractivity contribution in [2.24, 2.45) is 0 Å². The Hall–Kier alpha value is -1.84. The summed E-state index contributed by atoms with van der Waals surface area (Å²) in [7, 11) is 0. The number of benzene rings is 1. The standard InChI is InChI=1S/C16H21FN2O/c1-3-5-6-16-19-14-8-7-13(9-15(14)20-16)18-11-12(4-2)10-17/h7-10,18H,3-6,11H2,1-2H3/b12-10-. The summed E-state index contributed by atoms with van der Waals surface area (Å²) >= 11 is 0. The topological polar surface area (TPSA) is 38.1 Å². The first-order valence-corrected chi connectivity index (χ1v) is 7.18. The SMILES string of the molecule is CCCCc1nc2ccc(NC/C(=C\F)CC)cc2o1. The molecule has 0 saturated heterocycles. The third kappa shape index (κ3) is 3.59. The van der Waals surface area contributed by atoms with E-state index >= 15 is 0 Å². The van der Waals surface area contributed by atoms with E-state index in [0.717, 1.165) is 47.5 Å². The minimum absolute atomic E-state index is 0.509. The van der Waals surface area contributed by atoms with Gasteiger partial charge in [0.25, 0.3) is 0 Å². The lowest BCUT2D eigenvalue weighted by molar-refractivity contribution is 0.518. The zero-order chi connectivity index (χ0) is 14.4. The van der Waals surface area contributed by atoms with Gasteiger partial charge in [0.1, 0.15) is 5.52 Å². The molecule has 1 aromatic heterocycles. The number of hydrogen-bond acceptors (Lipinski definition) is 3. The molecule has 20 heavy (non-hydrogen) atoms. The number of oxazole rings is 1. The van der Waals surface area contributed by atoms with Crippen molar-refractivity contribution >= 4 is 16.8 Å². The summed E-state index contributed by atoms with van der Waals surface area (Å²) in [6.07, 6.45) is 4.45. The quantitative estimate of drug-likeness (QED) is 0.786. The van der Waals surface area contributed by atoms with Gasteiger partial charge in [0.15, 0.2) is 11.5 Å². The number of rotatable bonds is 7. The molecule has 108 valence electrons. The Morgan fingerprint density at radius 1 is 1.40 bits per heavy atom. The molecule has 0 atom stereocenters. The molecule has 0 unspecified atom stereocenters. The Balaban J connectivity index is 2.08. The van der Waals surface area contributed by atoms with Crippen molar-refractivity contribution in [2.75, 3.05) is 11.9 Å².